The van der Waals surface area contributed by atoms with Crippen LogP contribution in [0.4, 0.5) is 0 Å². The maximum atomic E-state index is 2.41. The molecule has 72 valence electrons. The van der Waals surface area contributed by atoms with Gasteiger partial charge in [-0.1, -0.05) is 40.5 Å². The summed E-state index contributed by atoms with van der Waals surface area (Å²) in [6.45, 7) is 9.52. The number of rotatable bonds is 4. The van der Waals surface area contributed by atoms with E-state index in [0.717, 1.165) is 11.8 Å². The first-order chi connectivity index (χ1) is 5.55. The fraction of sp³-hybridized carbons (Fsp3) is 1.00. The van der Waals surface area contributed by atoms with Gasteiger partial charge in [-0.15, -0.1) is 0 Å². The number of hydrogen-bond acceptors (Lipinski definition) is 0. The Kier molecular flexibility index (Phi) is 3.20. The monoisotopic (exact) mass is 168 g/mol. The van der Waals surface area contributed by atoms with E-state index in [0.29, 0.717) is 5.41 Å². The molecule has 0 aromatic carbocycles. The lowest BCUT2D eigenvalue weighted by Crippen LogP contribution is -2.24. The molecule has 0 aromatic heterocycles. The van der Waals surface area contributed by atoms with Gasteiger partial charge in [0.15, 0.2) is 0 Å². The molecule has 0 aliphatic heterocycles. The Labute approximate surface area is 77.7 Å². The molecule has 0 spiro atoms. The molecule has 2 unspecified atom stereocenters. The molecule has 1 aliphatic carbocycles. The molecule has 0 bridgehead atoms. The first kappa shape index (κ1) is 10.1. The minimum atomic E-state index is 0.593. The highest BCUT2D eigenvalue weighted by molar-refractivity contribution is 4.79. The summed E-state index contributed by atoms with van der Waals surface area (Å²) in [5, 5.41) is 0. The van der Waals surface area contributed by atoms with Gasteiger partial charge in [-0.05, 0) is 36.5 Å². The SMILES string of the molecule is CCC(C)(C)CCC1CCC1C. The first-order valence-electron chi connectivity index (χ1n) is 5.55. The highest BCUT2D eigenvalue weighted by Gasteiger charge is 2.28. The summed E-state index contributed by atoms with van der Waals surface area (Å²) < 4.78 is 0. The molecule has 0 N–H and O–H groups in total. The molecule has 1 saturated carbocycles. The first-order valence-corrected chi connectivity index (χ1v) is 5.55. The summed E-state index contributed by atoms with van der Waals surface area (Å²) in [5.74, 6) is 2.09. The van der Waals surface area contributed by atoms with Crippen molar-refractivity contribution in [3.8, 4) is 0 Å². The average Bonchev–Trinajstić information content (AvgIpc) is 2.02. The third-order valence-electron chi connectivity index (χ3n) is 3.95. The summed E-state index contributed by atoms with van der Waals surface area (Å²) in [6.07, 6.45) is 7.22. The van der Waals surface area contributed by atoms with E-state index in [9.17, 15) is 0 Å². The van der Waals surface area contributed by atoms with Gasteiger partial charge in [0.25, 0.3) is 0 Å². The Morgan fingerprint density at radius 1 is 1.25 bits per heavy atom. The normalized spacial score (nSPS) is 30.0. The fourth-order valence-corrected chi connectivity index (χ4v) is 1.92. The average molecular weight is 168 g/mol. The summed E-state index contributed by atoms with van der Waals surface area (Å²) in [6, 6.07) is 0. The molecule has 0 heteroatoms. The van der Waals surface area contributed by atoms with E-state index in [1.807, 2.05) is 0 Å². The zero-order valence-electron chi connectivity index (χ0n) is 9.19. The Bertz CT molecular complexity index is 135. The maximum Gasteiger partial charge on any atom is -0.0357 e. The van der Waals surface area contributed by atoms with Crippen molar-refractivity contribution in [2.75, 3.05) is 0 Å². The van der Waals surface area contributed by atoms with Gasteiger partial charge in [-0.25, -0.2) is 0 Å². The predicted molar refractivity (Wildman–Crippen MR) is 55.2 cm³/mol. The van der Waals surface area contributed by atoms with Gasteiger partial charge in [-0.2, -0.15) is 0 Å². The zero-order valence-corrected chi connectivity index (χ0v) is 9.19. The van der Waals surface area contributed by atoms with Gasteiger partial charge in [0.05, 0.1) is 0 Å². The second kappa shape index (κ2) is 3.81. The van der Waals surface area contributed by atoms with Crippen LogP contribution in [0.1, 0.15) is 59.8 Å². The summed E-state index contributed by atoms with van der Waals surface area (Å²) >= 11 is 0. The van der Waals surface area contributed by atoms with E-state index in [-0.39, 0.29) is 0 Å². The molecule has 1 rings (SSSR count). The van der Waals surface area contributed by atoms with Crippen molar-refractivity contribution in [3.63, 3.8) is 0 Å². The van der Waals surface area contributed by atoms with E-state index in [2.05, 4.69) is 27.7 Å². The highest BCUT2D eigenvalue weighted by atomic mass is 14.3. The van der Waals surface area contributed by atoms with E-state index in [1.165, 1.54) is 32.1 Å². The second-order valence-electron chi connectivity index (χ2n) is 5.37. The van der Waals surface area contributed by atoms with Crippen LogP contribution >= 0.6 is 0 Å². The predicted octanol–water partition coefficient (Wildman–Crippen LogP) is 4.25. The molecule has 0 heterocycles. The number of hydrogen-bond donors (Lipinski definition) is 0. The van der Waals surface area contributed by atoms with Gasteiger partial charge in [0.2, 0.25) is 0 Å². The summed E-state index contributed by atoms with van der Waals surface area (Å²) in [5.41, 5.74) is 0.593. The summed E-state index contributed by atoms with van der Waals surface area (Å²) in [7, 11) is 0. The molecular formula is C12H24. The minimum absolute atomic E-state index is 0.593. The van der Waals surface area contributed by atoms with E-state index in [4.69, 9.17) is 0 Å². The lowest BCUT2D eigenvalue weighted by molar-refractivity contribution is 0.154. The maximum absolute atomic E-state index is 2.41. The molecule has 0 saturated heterocycles. The molecule has 0 aromatic rings. The molecule has 2 atom stereocenters. The highest BCUT2D eigenvalue weighted by Crippen LogP contribution is 2.40. The van der Waals surface area contributed by atoms with Gasteiger partial charge in [-0.3, -0.25) is 0 Å². The van der Waals surface area contributed by atoms with Crippen LogP contribution in [0, 0.1) is 17.3 Å². The molecular weight excluding hydrogens is 144 g/mol. The molecule has 0 nitrogen and oxygen atoms in total. The minimum Gasteiger partial charge on any atom is -0.0649 e. The zero-order chi connectivity index (χ0) is 9.19. The van der Waals surface area contributed by atoms with Gasteiger partial charge < -0.3 is 0 Å². The third-order valence-corrected chi connectivity index (χ3v) is 3.95. The van der Waals surface area contributed by atoms with Crippen LogP contribution in [0.5, 0.6) is 0 Å². The Hall–Kier alpha value is 0. The van der Waals surface area contributed by atoms with Crippen molar-refractivity contribution in [2.24, 2.45) is 17.3 Å². The van der Waals surface area contributed by atoms with Gasteiger partial charge >= 0.3 is 0 Å². The van der Waals surface area contributed by atoms with Crippen molar-refractivity contribution >= 4 is 0 Å². The van der Waals surface area contributed by atoms with E-state index < -0.39 is 0 Å². The Balaban J connectivity index is 2.16. The van der Waals surface area contributed by atoms with E-state index in [1.54, 1.807) is 0 Å². The second-order valence-corrected chi connectivity index (χ2v) is 5.37. The largest absolute Gasteiger partial charge is 0.0649 e. The summed E-state index contributed by atoms with van der Waals surface area (Å²) in [4.78, 5) is 0. The van der Waals surface area contributed by atoms with Crippen LogP contribution in [0.3, 0.4) is 0 Å². The topological polar surface area (TPSA) is 0 Å². The molecule has 1 aliphatic rings. The van der Waals surface area contributed by atoms with Crippen molar-refractivity contribution < 1.29 is 0 Å². The van der Waals surface area contributed by atoms with Crippen molar-refractivity contribution in [1.82, 2.24) is 0 Å². The quantitative estimate of drug-likeness (QED) is 0.588. The van der Waals surface area contributed by atoms with Gasteiger partial charge in [0.1, 0.15) is 0 Å². The van der Waals surface area contributed by atoms with Crippen LogP contribution in [-0.4, -0.2) is 0 Å². The van der Waals surface area contributed by atoms with Crippen molar-refractivity contribution in [3.05, 3.63) is 0 Å². The van der Waals surface area contributed by atoms with Crippen LogP contribution in [0.25, 0.3) is 0 Å². The fourth-order valence-electron chi connectivity index (χ4n) is 1.92. The standard InChI is InChI=1S/C12H24/c1-5-12(3,4)9-8-11-7-6-10(11)2/h10-11H,5-9H2,1-4H3. The lowest BCUT2D eigenvalue weighted by Gasteiger charge is -2.36. The smallest absolute Gasteiger partial charge is 0.0357 e. The van der Waals surface area contributed by atoms with Crippen LogP contribution in [0.2, 0.25) is 0 Å². The third kappa shape index (κ3) is 2.50. The van der Waals surface area contributed by atoms with Gasteiger partial charge in [0, 0.05) is 0 Å². The molecule has 12 heavy (non-hydrogen) atoms. The molecule has 1 fully saturated rings. The van der Waals surface area contributed by atoms with E-state index >= 15 is 0 Å². The van der Waals surface area contributed by atoms with Crippen LogP contribution in [0.15, 0.2) is 0 Å². The van der Waals surface area contributed by atoms with Crippen molar-refractivity contribution in [2.45, 2.75) is 59.8 Å². The Morgan fingerprint density at radius 3 is 2.25 bits per heavy atom. The molecule has 0 amide bonds. The van der Waals surface area contributed by atoms with Crippen molar-refractivity contribution in [1.29, 1.82) is 0 Å². The van der Waals surface area contributed by atoms with Crippen LogP contribution < -0.4 is 0 Å². The molecule has 0 radical (unpaired) electrons. The Morgan fingerprint density at radius 2 is 1.92 bits per heavy atom. The lowest BCUT2D eigenvalue weighted by atomic mass is 9.70. The van der Waals surface area contributed by atoms with Crippen LogP contribution in [-0.2, 0) is 0 Å².